The zero-order valence-corrected chi connectivity index (χ0v) is 13.2. The number of nitrogens with zero attached hydrogens (tertiary/aromatic N) is 3. The largest absolute Gasteiger partial charge is 0.502 e. The van der Waals surface area contributed by atoms with Crippen LogP contribution in [0.25, 0.3) is 0 Å². The summed E-state index contributed by atoms with van der Waals surface area (Å²) in [6, 6.07) is 5.98. The third-order valence-corrected chi connectivity index (χ3v) is 3.16. The number of ether oxygens (including phenoxy) is 2. The van der Waals surface area contributed by atoms with Crippen molar-refractivity contribution in [1.29, 1.82) is 0 Å². The zero-order valence-electron chi connectivity index (χ0n) is 13.2. The highest BCUT2D eigenvalue weighted by molar-refractivity contribution is 5.89. The Morgan fingerprint density at radius 1 is 1.12 bits per heavy atom. The van der Waals surface area contributed by atoms with Gasteiger partial charge in [-0.05, 0) is 12.1 Å². The molecule has 10 nitrogen and oxygen atoms in total. The van der Waals surface area contributed by atoms with Crippen molar-refractivity contribution in [3.05, 3.63) is 46.0 Å². The van der Waals surface area contributed by atoms with E-state index in [-0.39, 0.29) is 34.2 Å². The summed E-state index contributed by atoms with van der Waals surface area (Å²) < 4.78 is 9.96. The van der Waals surface area contributed by atoms with Crippen LogP contribution in [0.15, 0.2) is 40.6 Å². The van der Waals surface area contributed by atoms with Gasteiger partial charge in [0.25, 0.3) is 5.69 Å². The first kappa shape index (κ1) is 17.7. The lowest BCUT2D eigenvalue weighted by Crippen LogP contribution is -1.97. The van der Waals surface area contributed by atoms with E-state index in [1.54, 1.807) is 0 Å². The maximum Gasteiger partial charge on any atom is 0.335 e. The Morgan fingerprint density at radius 3 is 2.20 bits per heavy atom. The first-order chi connectivity index (χ1) is 11.9. The number of methoxy groups -OCH3 is 2. The molecule has 0 radical (unpaired) electrons. The molecule has 0 aliphatic rings. The van der Waals surface area contributed by atoms with Crippen molar-refractivity contribution in [3.8, 4) is 17.2 Å². The van der Waals surface area contributed by atoms with Crippen molar-refractivity contribution < 1.29 is 29.4 Å². The lowest BCUT2D eigenvalue weighted by atomic mass is 10.2. The summed E-state index contributed by atoms with van der Waals surface area (Å²) in [7, 11) is 2.68. The number of azo groups is 1. The van der Waals surface area contributed by atoms with Gasteiger partial charge in [-0.3, -0.25) is 10.1 Å². The first-order valence-corrected chi connectivity index (χ1v) is 6.75. The zero-order chi connectivity index (χ0) is 18.6. The molecule has 0 saturated heterocycles. The van der Waals surface area contributed by atoms with Gasteiger partial charge in [0.05, 0.1) is 30.4 Å². The fourth-order valence-electron chi connectivity index (χ4n) is 1.94. The number of nitro groups is 1. The Balaban J connectivity index is 2.46. The smallest absolute Gasteiger partial charge is 0.335 e. The van der Waals surface area contributed by atoms with Gasteiger partial charge in [0.2, 0.25) is 5.75 Å². The van der Waals surface area contributed by atoms with Crippen LogP contribution in [0.2, 0.25) is 0 Å². The Morgan fingerprint density at radius 2 is 1.72 bits per heavy atom. The number of nitro benzene ring substituents is 1. The van der Waals surface area contributed by atoms with Crippen LogP contribution in [0.3, 0.4) is 0 Å². The van der Waals surface area contributed by atoms with Crippen molar-refractivity contribution in [2.24, 2.45) is 10.2 Å². The molecule has 2 aromatic carbocycles. The summed E-state index contributed by atoms with van der Waals surface area (Å²) >= 11 is 0. The van der Waals surface area contributed by atoms with Crippen LogP contribution < -0.4 is 9.47 Å². The second kappa shape index (κ2) is 7.25. The average molecular weight is 347 g/mol. The van der Waals surface area contributed by atoms with Crippen molar-refractivity contribution in [2.45, 2.75) is 0 Å². The van der Waals surface area contributed by atoms with Gasteiger partial charge in [0.15, 0.2) is 17.2 Å². The summed E-state index contributed by atoms with van der Waals surface area (Å²) in [6.07, 6.45) is 0. The van der Waals surface area contributed by atoms with Crippen LogP contribution >= 0.6 is 0 Å². The standard InChI is InChI=1S/C15H13N3O7/c1-24-12-6-9(7-13(25-2)14(12)19)16-17-10-4-3-8(15(20)21)5-11(10)18(22)23/h3-7,19H,1-2H3,(H,20,21). The van der Waals surface area contributed by atoms with E-state index in [4.69, 9.17) is 14.6 Å². The molecule has 2 rings (SSSR count). The molecule has 2 aromatic rings. The number of aromatic carboxylic acids is 1. The normalized spacial score (nSPS) is 10.6. The minimum absolute atomic E-state index is 0.0871. The number of carboxylic acids is 1. The molecule has 0 aliphatic carbocycles. The summed E-state index contributed by atoms with van der Waals surface area (Å²) in [5.74, 6) is -1.34. The van der Waals surface area contributed by atoms with Gasteiger partial charge in [-0.1, -0.05) is 0 Å². The highest BCUT2D eigenvalue weighted by Gasteiger charge is 2.17. The molecule has 0 amide bonds. The molecule has 2 N–H and O–H groups in total. The SMILES string of the molecule is COc1cc(N=Nc2ccc(C(=O)O)cc2[N+](=O)[O-])cc(OC)c1O. The molecule has 10 heteroatoms. The van der Waals surface area contributed by atoms with E-state index in [9.17, 15) is 20.0 Å². The minimum atomic E-state index is -1.29. The van der Waals surface area contributed by atoms with Crippen LogP contribution in [0.5, 0.6) is 17.2 Å². The van der Waals surface area contributed by atoms with Crippen LogP contribution in [0, 0.1) is 10.1 Å². The van der Waals surface area contributed by atoms with E-state index < -0.39 is 16.6 Å². The first-order valence-electron chi connectivity index (χ1n) is 6.75. The number of aromatic hydroxyl groups is 1. The van der Waals surface area contributed by atoms with E-state index >= 15 is 0 Å². The van der Waals surface area contributed by atoms with Crippen LogP contribution in [-0.4, -0.2) is 35.3 Å². The predicted molar refractivity (Wildman–Crippen MR) is 85.4 cm³/mol. The number of phenols is 1. The molecule has 0 atom stereocenters. The Bertz CT molecular complexity index is 839. The van der Waals surface area contributed by atoms with Crippen molar-refractivity contribution in [1.82, 2.24) is 0 Å². The van der Waals surface area contributed by atoms with Gasteiger partial charge in [0, 0.05) is 18.2 Å². The summed E-state index contributed by atoms with van der Waals surface area (Å²) in [6.45, 7) is 0. The van der Waals surface area contributed by atoms with Crippen LogP contribution in [-0.2, 0) is 0 Å². The molecular weight excluding hydrogens is 334 g/mol. The lowest BCUT2D eigenvalue weighted by Gasteiger charge is -2.08. The fraction of sp³-hybridized carbons (Fsp3) is 0.133. The van der Waals surface area contributed by atoms with Gasteiger partial charge in [-0.2, -0.15) is 5.11 Å². The number of rotatable bonds is 6. The second-order valence-corrected chi connectivity index (χ2v) is 4.66. The molecule has 0 aromatic heterocycles. The van der Waals surface area contributed by atoms with E-state index in [1.807, 2.05) is 0 Å². The van der Waals surface area contributed by atoms with E-state index in [0.717, 1.165) is 6.07 Å². The van der Waals surface area contributed by atoms with Crippen molar-refractivity contribution in [2.75, 3.05) is 14.2 Å². The monoisotopic (exact) mass is 347 g/mol. The molecule has 0 heterocycles. The summed E-state index contributed by atoms with van der Waals surface area (Å²) in [5, 5.41) is 37.5. The topological polar surface area (TPSA) is 144 Å². The number of carbonyl (C=O) groups is 1. The van der Waals surface area contributed by atoms with Crippen molar-refractivity contribution >= 4 is 23.0 Å². The Kier molecular flexibility index (Phi) is 5.12. The quantitative estimate of drug-likeness (QED) is 0.462. The Hall–Kier alpha value is -3.69. The van der Waals surface area contributed by atoms with Gasteiger partial charge in [-0.25, -0.2) is 4.79 Å². The molecule has 0 saturated carbocycles. The highest BCUT2D eigenvalue weighted by atomic mass is 16.6. The molecule has 0 aliphatic heterocycles. The van der Waals surface area contributed by atoms with Gasteiger partial charge in [-0.15, -0.1) is 5.11 Å². The Labute approximate surface area is 141 Å². The summed E-state index contributed by atoms with van der Waals surface area (Å²) in [4.78, 5) is 21.3. The molecule has 0 spiro atoms. The number of hydrogen-bond donors (Lipinski definition) is 2. The molecule has 25 heavy (non-hydrogen) atoms. The maximum absolute atomic E-state index is 11.1. The van der Waals surface area contributed by atoms with E-state index in [2.05, 4.69) is 10.2 Å². The average Bonchev–Trinajstić information content (AvgIpc) is 2.60. The third kappa shape index (κ3) is 3.80. The predicted octanol–water partition coefficient (Wildman–Crippen LogP) is 3.43. The minimum Gasteiger partial charge on any atom is -0.502 e. The number of benzene rings is 2. The van der Waals surface area contributed by atoms with E-state index in [1.165, 1.54) is 38.5 Å². The molecule has 0 unspecified atom stereocenters. The van der Waals surface area contributed by atoms with Gasteiger partial charge >= 0.3 is 5.97 Å². The molecule has 130 valence electrons. The van der Waals surface area contributed by atoms with Crippen molar-refractivity contribution in [3.63, 3.8) is 0 Å². The number of hydrogen-bond acceptors (Lipinski definition) is 8. The second-order valence-electron chi connectivity index (χ2n) is 4.66. The maximum atomic E-state index is 11.1. The fourth-order valence-corrected chi connectivity index (χ4v) is 1.94. The third-order valence-electron chi connectivity index (χ3n) is 3.16. The molecule has 0 bridgehead atoms. The van der Waals surface area contributed by atoms with Crippen LogP contribution in [0.1, 0.15) is 10.4 Å². The molecule has 0 fully saturated rings. The summed E-state index contributed by atoms with van der Waals surface area (Å²) in [5.41, 5.74) is -0.649. The number of phenolic OH excluding ortho intramolecular Hbond substituents is 1. The van der Waals surface area contributed by atoms with Crippen LogP contribution in [0.4, 0.5) is 17.1 Å². The lowest BCUT2D eigenvalue weighted by molar-refractivity contribution is -0.384. The number of carboxylic acid groups (broad SMARTS) is 1. The highest BCUT2D eigenvalue weighted by Crippen LogP contribution is 2.40. The van der Waals surface area contributed by atoms with Gasteiger partial charge < -0.3 is 19.7 Å². The van der Waals surface area contributed by atoms with Gasteiger partial charge in [0.1, 0.15) is 0 Å². The van der Waals surface area contributed by atoms with E-state index in [0.29, 0.717) is 0 Å². The molecular formula is C15H13N3O7.